The molecule has 0 saturated heterocycles. The zero-order valence-corrected chi connectivity index (χ0v) is 74.2. The standard InChI is InChI=1S/C16H26O5.2C16H26O4.C16H26O3.C15H24O4.C15H24O3/c1-4-12(2,3)11(17)21-16-8-13(18)5-14(19,9-16)7-15(20,6-13)10-16;1-4-13(2,3)12(17)20-16-7-11-5-14(18,9-16)8-15(19,6-11)10-16;1-4-11(2)12(17)20-16-7-13(3)5-14(18,9-16)8-15(19,6-13)10-16;1-4-14(2,3)13(17)19-16-8-11-5-12(9-16)7-15(18,6-11)10-16;1-3-10(2)12(16)19-15-6-11-4-13(17,8-15)7-14(18,5-11)9-15;1-3-10(2)13(16)18-15-7-11-4-12(8-15)6-14(17,5-11)9-15/h18-20H,4-10H2,1-3H3;2*11,18-19H,4-10H2,1-3H3;11-12,18H,4-10H2,1-3H3;10-11,17-18H,3-9H2,1-2H3;10-12,17H,3-9H2,1-2H3. The van der Waals surface area contributed by atoms with Crippen LogP contribution in [0.15, 0.2) is 0 Å². The Bertz CT molecular complexity index is 3590. The molecule has 0 spiro atoms. The van der Waals surface area contributed by atoms with Crippen LogP contribution in [0.4, 0.5) is 0 Å². The lowest BCUT2D eigenvalue weighted by molar-refractivity contribution is -0.303. The Morgan fingerprint density at radius 2 is 0.470 bits per heavy atom. The highest BCUT2D eigenvalue weighted by atomic mass is 16.6. The Morgan fingerprint density at radius 1 is 0.265 bits per heavy atom. The Hall–Kier alpha value is -3.62. The highest BCUT2D eigenvalue weighted by Crippen LogP contribution is 2.69. The number of esters is 6. The van der Waals surface area contributed by atoms with Gasteiger partial charge in [0.05, 0.1) is 95.6 Å². The minimum atomic E-state index is -1.13. The number of hydrogen-bond donors (Lipinski definition) is 11. The van der Waals surface area contributed by atoms with Crippen molar-refractivity contribution in [2.75, 3.05) is 0 Å². The summed E-state index contributed by atoms with van der Waals surface area (Å²) in [6.07, 6.45) is 28.6. The van der Waals surface area contributed by atoms with Crippen LogP contribution in [0, 0.1) is 74.9 Å². The zero-order chi connectivity index (χ0) is 86.1. The summed E-state index contributed by atoms with van der Waals surface area (Å²) in [4.78, 5) is 73.5. The molecule has 24 bridgehead atoms. The Morgan fingerprint density at radius 3 is 0.744 bits per heavy atom. The predicted octanol–water partition coefficient (Wildman–Crippen LogP) is 13.1. The zero-order valence-electron chi connectivity index (χ0n) is 74.2. The maximum absolute atomic E-state index is 12.4. The summed E-state index contributed by atoms with van der Waals surface area (Å²) in [5, 5.41) is 117. The molecule has 0 aromatic heterocycles. The van der Waals surface area contributed by atoms with Gasteiger partial charge in [-0.2, -0.15) is 0 Å². The number of hydrogen-bond acceptors (Lipinski definition) is 23. The predicted molar refractivity (Wildman–Crippen MR) is 433 cm³/mol. The summed E-state index contributed by atoms with van der Waals surface area (Å²) >= 11 is 0. The molecule has 0 radical (unpaired) electrons. The van der Waals surface area contributed by atoms with Crippen LogP contribution in [0.5, 0.6) is 0 Å². The van der Waals surface area contributed by atoms with Crippen molar-refractivity contribution in [1.82, 2.24) is 0 Å². The van der Waals surface area contributed by atoms with Crippen LogP contribution in [0.1, 0.15) is 380 Å². The van der Waals surface area contributed by atoms with Gasteiger partial charge in [-0.1, -0.05) is 69.2 Å². The van der Waals surface area contributed by atoms with Crippen LogP contribution in [0.2, 0.25) is 0 Å². The van der Waals surface area contributed by atoms with Crippen molar-refractivity contribution in [3.63, 3.8) is 0 Å². The molecule has 24 rings (SSSR count). The molecule has 24 aliphatic rings. The number of carbonyl (C=O) groups excluding carboxylic acids is 6. The quantitative estimate of drug-likeness (QED) is 0.0448. The second kappa shape index (κ2) is 30.1. The number of ether oxygens (including phenoxy) is 6. The maximum Gasteiger partial charge on any atom is 0.312 e. The maximum atomic E-state index is 12.4. The first kappa shape index (κ1) is 91.1. The van der Waals surface area contributed by atoms with E-state index in [4.69, 9.17) is 28.4 Å². The summed E-state index contributed by atoms with van der Waals surface area (Å²) < 4.78 is 35.1. The molecule has 24 saturated carbocycles. The average Bonchev–Trinajstić information content (AvgIpc) is 0.694. The molecule has 117 heavy (non-hydrogen) atoms. The van der Waals surface area contributed by atoms with Gasteiger partial charge in [0, 0.05) is 109 Å². The van der Waals surface area contributed by atoms with Crippen LogP contribution in [0.3, 0.4) is 0 Å². The van der Waals surface area contributed by atoms with E-state index < -0.39 is 100 Å². The average molecular weight is 1650 g/mol. The van der Waals surface area contributed by atoms with E-state index in [1.165, 1.54) is 12.8 Å². The summed E-state index contributed by atoms with van der Waals surface area (Å²) in [5.41, 5.74) is -14.8. The van der Waals surface area contributed by atoms with E-state index in [0.717, 1.165) is 128 Å². The third-order valence-corrected chi connectivity index (χ3v) is 33.3. The first-order chi connectivity index (χ1) is 53.6. The van der Waals surface area contributed by atoms with Crippen LogP contribution < -0.4 is 0 Å². The first-order valence-corrected chi connectivity index (χ1v) is 46.0. The number of aliphatic hydroxyl groups is 11. The molecule has 24 aliphatic carbocycles. The van der Waals surface area contributed by atoms with Crippen molar-refractivity contribution in [2.45, 2.75) is 476 Å². The molecular weight excluding hydrogens is 1500 g/mol. The molecule has 23 heteroatoms. The Balaban J connectivity index is 0.000000122. The number of carbonyl (C=O) groups is 6. The van der Waals surface area contributed by atoms with Crippen LogP contribution >= 0.6 is 0 Å². The van der Waals surface area contributed by atoms with Gasteiger partial charge in [-0.05, 0) is 243 Å². The summed E-state index contributed by atoms with van der Waals surface area (Å²) in [6, 6.07) is 0. The lowest BCUT2D eigenvalue weighted by Crippen LogP contribution is -2.72. The van der Waals surface area contributed by atoms with Crippen LogP contribution in [0.25, 0.3) is 0 Å². The van der Waals surface area contributed by atoms with E-state index >= 15 is 0 Å². The molecule has 23 nitrogen and oxygen atoms in total. The summed E-state index contributed by atoms with van der Waals surface area (Å²) in [6.45, 7) is 31.0. The lowest BCUT2D eigenvalue weighted by Gasteiger charge is -2.66. The van der Waals surface area contributed by atoms with Gasteiger partial charge < -0.3 is 84.6 Å². The van der Waals surface area contributed by atoms with Gasteiger partial charge in [-0.15, -0.1) is 0 Å². The van der Waals surface area contributed by atoms with Gasteiger partial charge in [-0.3, -0.25) is 28.8 Å². The van der Waals surface area contributed by atoms with Crippen molar-refractivity contribution in [3.05, 3.63) is 0 Å². The summed E-state index contributed by atoms with van der Waals surface area (Å²) in [5.74, 6) is 1.52. The molecule has 0 amide bonds. The fraction of sp³-hybridized carbons (Fsp3) is 0.936. The van der Waals surface area contributed by atoms with Gasteiger partial charge in [0.25, 0.3) is 0 Å². The minimum Gasteiger partial charge on any atom is -0.459 e. The summed E-state index contributed by atoms with van der Waals surface area (Å²) in [7, 11) is 0. The third-order valence-electron chi connectivity index (χ3n) is 33.3. The van der Waals surface area contributed by atoms with E-state index in [2.05, 4.69) is 6.92 Å². The van der Waals surface area contributed by atoms with Crippen LogP contribution in [-0.2, 0) is 57.2 Å². The topological polar surface area (TPSA) is 380 Å². The minimum absolute atomic E-state index is 0.0207. The van der Waals surface area contributed by atoms with Crippen molar-refractivity contribution >= 4 is 35.8 Å². The van der Waals surface area contributed by atoms with Crippen molar-refractivity contribution < 1.29 is 113 Å². The van der Waals surface area contributed by atoms with Crippen LogP contribution in [-0.4, -0.2) is 187 Å². The second-order valence-corrected chi connectivity index (χ2v) is 47.5. The van der Waals surface area contributed by atoms with Crippen molar-refractivity contribution in [2.24, 2.45) is 74.9 Å². The Kier molecular flexibility index (Phi) is 23.4. The largest absolute Gasteiger partial charge is 0.459 e. The van der Waals surface area contributed by atoms with E-state index in [1.807, 2.05) is 104 Å². The number of rotatable bonds is 18. The van der Waals surface area contributed by atoms with E-state index in [0.29, 0.717) is 133 Å². The van der Waals surface area contributed by atoms with Gasteiger partial charge in [0.2, 0.25) is 0 Å². The molecule has 0 aliphatic heterocycles. The molecule has 13 unspecified atom stereocenters. The third kappa shape index (κ3) is 18.9. The van der Waals surface area contributed by atoms with Gasteiger partial charge in [0.15, 0.2) is 0 Å². The van der Waals surface area contributed by atoms with Gasteiger partial charge in [0.1, 0.15) is 33.6 Å². The van der Waals surface area contributed by atoms with Crippen molar-refractivity contribution in [1.29, 1.82) is 0 Å². The molecule has 0 aromatic rings. The second-order valence-electron chi connectivity index (χ2n) is 47.5. The normalized spacial score (nSPS) is 47.8. The molecule has 0 aromatic carbocycles. The monoisotopic (exact) mass is 1650 g/mol. The molecule has 666 valence electrons. The lowest BCUT2D eigenvalue weighted by atomic mass is 9.45. The molecular formula is C94H152O23. The molecule has 13 atom stereocenters. The Labute approximate surface area is 696 Å². The highest BCUT2D eigenvalue weighted by molar-refractivity contribution is 5.78. The van der Waals surface area contributed by atoms with Gasteiger partial charge in [-0.25, -0.2) is 0 Å². The smallest absolute Gasteiger partial charge is 0.312 e. The fourth-order valence-electron chi connectivity index (χ4n) is 29.6. The van der Waals surface area contributed by atoms with Crippen molar-refractivity contribution in [3.8, 4) is 0 Å². The van der Waals surface area contributed by atoms with E-state index in [-0.39, 0.29) is 101 Å². The SMILES string of the molecule is CCC(C)(C)C(=O)OC12CC3(O)CC(O)(CC(O)(C3)C1)C2.CCC(C)(C)C(=O)OC12CC3CC(CC(O)(C3)C1)C2.CCC(C)(C)C(=O)OC12CC3CC(O)(CC(O)(C3)C1)C2.CCC(C)C(=O)OC12CC3(C)CC(O)(CC(O)(C3)C1)C2.CCC(C)C(=O)OC12CC3CC(CC(O)(C3)C1)C2.CCC(C)C(=O)OC12CC3CC(O)(CC(O)(C3)C1)C2. The first-order valence-electron chi connectivity index (χ1n) is 46.0. The highest BCUT2D eigenvalue weighted by Gasteiger charge is 2.73. The molecule has 0 heterocycles. The molecule has 24 fully saturated rings. The van der Waals surface area contributed by atoms with Gasteiger partial charge >= 0.3 is 35.8 Å². The molecule has 11 N–H and O–H groups in total. The fourth-order valence-corrected chi connectivity index (χ4v) is 29.6. The van der Waals surface area contributed by atoms with E-state index in [9.17, 15) is 84.9 Å². The van der Waals surface area contributed by atoms with E-state index in [1.54, 1.807) is 0 Å².